The van der Waals surface area contributed by atoms with Crippen LogP contribution in [0, 0.1) is 0 Å². The molecule has 4 nitrogen and oxygen atoms in total. The Kier molecular flexibility index (Phi) is 2.84. The second-order valence-corrected chi connectivity index (χ2v) is 2.82. The van der Waals surface area contributed by atoms with Crippen molar-refractivity contribution in [2.75, 3.05) is 7.11 Å². The zero-order chi connectivity index (χ0) is 8.43. The van der Waals surface area contributed by atoms with Crippen molar-refractivity contribution in [1.82, 2.24) is 0 Å². The first-order chi connectivity index (χ1) is 5.15. The molecule has 0 aromatic heterocycles. The van der Waals surface area contributed by atoms with Crippen LogP contribution in [0.15, 0.2) is 0 Å². The summed E-state index contributed by atoms with van der Waals surface area (Å²) in [6.07, 6.45) is -1.83. The van der Waals surface area contributed by atoms with Crippen LogP contribution in [0.2, 0.25) is 0 Å². The third kappa shape index (κ3) is 1.90. The molecule has 0 aromatic carbocycles. The van der Waals surface area contributed by atoms with E-state index in [4.69, 9.17) is 9.47 Å². The Morgan fingerprint density at radius 2 is 2.00 bits per heavy atom. The van der Waals surface area contributed by atoms with Crippen LogP contribution in [0.25, 0.3) is 0 Å². The lowest BCUT2D eigenvalue weighted by molar-refractivity contribution is -0.251. The van der Waals surface area contributed by atoms with Gasteiger partial charge in [-0.05, 0) is 6.92 Å². The second-order valence-electron chi connectivity index (χ2n) is 2.82. The highest BCUT2D eigenvalue weighted by Gasteiger charge is 2.33. The summed E-state index contributed by atoms with van der Waals surface area (Å²) in [7, 11) is 1.47. The molecule has 0 aliphatic carbocycles. The van der Waals surface area contributed by atoms with Crippen molar-refractivity contribution in [1.29, 1.82) is 0 Å². The highest BCUT2D eigenvalue weighted by atomic mass is 16.7. The maximum atomic E-state index is 9.25. The fraction of sp³-hybridized carbons (Fsp3) is 1.00. The number of hydrogen-bond acceptors (Lipinski definition) is 4. The molecule has 1 unspecified atom stereocenters. The normalized spacial score (nSPS) is 45.8. The van der Waals surface area contributed by atoms with Crippen LogP contribution in [0.1, 0.15) is 13.3 Å². The van der Waals surface area contributed by atoms with Crippen molar-refractivity contribution in [3.63, 3.8) is 0 Å². The van der Waals surface area contributed by atoms with Crippen molar-refractivity contribution >= 4 is 0 Å². The van der Waals surface area contributed by atoms with E-state index in [9.17, 15) is 10.2 Å². The number of aliphatic hydroxyl groups is 2. The monoisotopic (exact) mass is 162 g/mol. The van der Waals surface area contributed by atoms with Crippen LogP contribution in [-0.2, 0) is 9.47 Å². The molecule has 0 radical (unpaired) electrons. The van der Waals surface area contributed by atoms with Gasteiger partial charge in [-0.2, -0.15) is 0 Å². The largest absolute Gasteiger partial charge is 0.390 e. The molecule has 66 valence electrons. The molecule has 0 bridgehead atoms. The number of rotatable bonds is 1. The van der Waals surface area contributed by atoms with Gasteiger partial charge in [-0.15, -0.1) is 0 Å². The van der Waals surface area contributed by atoms with Crippen molar-refractivity contribution in [2.24, 2.45) is 0 Å². The zero-order valence-electron chi connectivity index (χ0n) is 6.73. The summed E-state index contributed by atoms with van der Waals surface area (Å²) in [5.41, 5.74) is 0. The van der Waals surface area contributed by atoms with Crippen LogP contribution in [0.3, 0.4) is 0 Å². The molecule has 0 amide bonds. The molecule has 11 heavy (non-hydrogen) atoms. The van der Waals surface area contributed by atoms with Gasteiger partial charge in [-0.3, -0.25) is 0 Å². The van der Waals surface area contributed by atoms with Crippen molar-refractivity contribution < 1.29 is 19.7 Å². The van der Waals surface area contributed by atoms with Crippen LogP contribution in [0.5, 0.6) is 0 Å². The predicted octanol–water partition coefficient (Wildman–Crippen LogP) is -0.510. The van der Waals surface area contributed by atoms with Gasteiger partial charge in [0, 0.05) is 13.5 Å². The Bertz CT molecular complexity index is 128. The summed E-state index contributed by atoms with van der Waals surface area (Å²) in [6, 6.07) is 0. The predicted molar refractivity (Wildman–Crippen MR) is 38.0 cm³/mol. The molecule has 1 aliphatic rings. The second kappa shape index (κ2) is 3.49. The number of ether oxygens (including phenoxy) is 2. The summed E-state index contributed by atoms with van der Waals surface area (Å²) in [4.78, 5) is 0. The van der Waals surface area contributed by atoms with Crippen molar-refractivity contribution in [2.45, 2.75) is 37.9 Å². The lowest BCUT2D eigenvalue weighted by Crippen LogP contribution is -2.46. The van der Waals surface area contributed by atoms with Gasteiger partial charge >= 0.3 is 0 Å². The van der Waals surface area contributed by atoms with Crippen LogP contribution < -0.4 is 0 Å². The minimum Gasteiger partial charge on any atom is -0.390 e. The molecule has 0 spiro atoms. The molecule has 4 atom stereocenters. The summed E-state index contributed by atoms with van der Waals surface area (Å²) < 4.78 is 9.98. The number of aliphatic hydroxyl groups excluding tert-OH is 2. The first kappa shape index (κ1) is 8.93. The zero-order valence-corrected chi connectivity index (χ0v) is 6.73. The molecule has 1 rings (SSSR count). The topological polar surface area (TPSA) is 58.9 Å². The SMILES string of the molecule is CO[C@H]1OC(C)[C@@H](O)C[C@@H]1O. The molecule has 1 saturated heterocycles. The van der Waals surface area contributed by atoms with Gasteiger partial charge in [-0.1, -0.05) is 0 Å². The maximum Gasteiger partial charge on any atom is 0.183 e. The molecular formula is C7H14O4. The Morgan fingerprint density at radius 1 is 1.36 bits per heavy atom. The first-order valence-electron chi connectivity index (χ1n) is 3.69. The Morgan fingerprint density at radius 3 is 2.55 bits per heavy atom. The molecular weight excluding hydrogens is 148 g/mol. The van der Waals surface area contributed by atoms with E-state index in [2.05, 4.69) is 0 Å². The average molecular weight is 162 g/mol. The van der Waals surface area contributed by atoms with E-state index in [0.717, 1.165) is 0 Å². The summed E-state index contributed by atoms with van der Waals surface area (Å²) in [5, 5.41) is 18.5. The van der Waals surface area contributed by atoms with E-state index in [0.29, 0.717) is 6.42 Å². The molecule has 1 aliphatic heterocycles. The Labute approximate surface area is 65.7 Å². The summed E-state index contributed by atoms with van der Waals surface area (Å²) in [5.74, 6) is 0. The molecule has 0 aromatic rings. The van der Waals surface area contributed by atoms with E-state index in [1.54, 1.807) is 6.92 Å². The number of methoxy groups -OCH3 is 1. The number of hydrogen-bond donors (Lipinski definition) is 2. The fourth-order valence-electron chi connectivity index (χ4n) is 1.16. The highest BCUT2D eigenvalue weighted by Crippen LogP contribution is 2.19. The van der Waals surface area contributed by atoms with Crippen molar-refractivity contribution in [3.8, 4) is 0 Å². The fourth-order valence-corrected chi connectivity index (χ4v) is 1.16. The first-order valence-corrected chi connectivity index (χ1v) is 3.69. The van der Waals surface area contributed by atoms with E-state index in [-0.39, 0.29) is 6.10 Å². The third-order valence-electron chi connectivity index (χ3n) is 1.92. The highest BCUT2D eigenvalue weighted by molar-refractivity contribution is 4.77. The maximum absolute atomic E-state index is 9.25. The quantitative estimate of drug-likeness (QED) is 0.545. The van der Waals surface area contributed by atoms with Gasteiger partial charge in [0.25, 0.3) is 0 Å². The van der Waals surface area contributed by atoms with Gasteiger partial charge in [0.1, 0.15) is 6.10 Å². The van der Waals surface area contributed by atoms with Gasteiger partial charge in [0.05, 0.1) is 12.2 Å². The minimum atomic E-state index is -0.716. The smallest absolute Gasteiger partial charge is 0.183 e. The molecule has 1 heterocycles. The third-order valence-corrected chi connectivity index (χ3v) is 1.92. The lowest BCUT2D eigenvalue weighted by atomic mass is 10.0. The standard InChI is InChI=1S/C7H14O4/c1-4-5(8)3-6(9)7(10-2)11-4/h4-9H,3H2,1-2H3/t4?,5-,6-,7-/m0/s1. The van der Waals surface area contributed by atoms with Gasteiger partial charge in [-0.25, -0.2) is 0 Å². The van der Waals surface area contributed by atoms with Gasteiger partial charge < -0.3 is 19.7 Å². The van der Waals surface area contributed by atoms with Crippen LogP contribution in [-0.4, -0.2) is 41.9 Å². The Balaban J connectivity index is 2.48. The molecule has 1 fully saturated rings. The average Bonchev–Trinajstić information content (AvgIpc) is 1.97. The minimum absolute atomic E-state index is 0.261. The van der Waals surface area contributed by atoms with E-state index in [1.165, 1.54) is 7.11 Å². The van der Waals surface area contributed by atoms with E-state index in [1.807, 2.05) is 0 Å². The lowest BCUT2D eigenvalue weighted by Gasteiger charge is -2.34. The van der Waals surface area contributed by atoms with Gasteiger partial charge in [0.15, 0.2) is 6.29 Å². The van der Waals surface area contributed by atoms with Gasteiger partial charge in [0.2, 0.25) is 0 Å². The van der Waals surface area contributed by atoms with Crippen LogP contribution in [0.4, 0.5) is 0 Å². The van der Waals surface area contributed by atoms with Crippen molar-refractivity contribution in [3.05, 3.63) is 0 Å². The van der Waals surface area contributed by atoms with E-state index >= 15 is 0 Å². The molecule has 4 heteroatoms. The molecule has 2 N–H and O–H groups in total. The Hall–Kier alpha value is -0.160. The summed E-state index contributed by atoms with van der Waals surface area (Å²) in [6.45, 7) is 1.75. The van der Waals surface area contributed by atoms with Crippen LogP contribution >= 0.6 is 0 Å². The summed E-state index contributed by atoms with van der Waals surface area (Å²) >= 11 is 0. The molecule has 0 saturated carbocycles. The van der Waals surface area contributed by atoms with E-state index < -0.39 is 18.5 Å².